The van der Waals surface area contributed by atoms with Crippen LogP contribution in [0.2, 0.25) is 0 Å². The third kappa shape index (κ3) is 5.00. The number of nitrogens with zero attached hydrogens (tertiary/aromatic N) is 1. The second-order valence-corrected chi connectivity index (χ2v) is 5.43. The summed E-state index contributed by atoms with van der Waals surface area (Å²) < 4.78 is 37.1. The van der Waals surface area contributed by atoms with Gasteiger partial charge in [0.1, 0.15) is 0 Å². The van der Waals surface area contributed by atoms with E-state index < -0.39 is 24.2 Å². The van der Waals surface area contributed by atoms with Gasteiger partial charge in [0.15, 0.2) is 5.92 Å². The molecule has 0 amide bonds. The van der Waals surface area contributed by atoms with Crippen LogP contribution in [0.15, 0.2) is 0 Å². The van der Waals surface area contributed by atoms with E-state index in [0.717, 1.165) is 19.3 Å². The molecule has 0 spiro atoms. The first kappa shape index (κ1) is 16.3. The minimum absolute atomic E-state index is 0.123. The molecule has 0 aromatic heterocycles. The van der Waals surface area contributed by atoms with Crippen molar-refractivity contribution in [3.63, 3.8) is 0 Å². The van der Waals surface area contributed by atoms with Crippen molar-refractivity contribution >= 4 is 0 Å². The third-order valence-electron chi connectivity index (χ3n) is 3.97. The lowest BCUT2D eigenvalue weighted by atomic mass is 9.78. The smallest absolute Gasteiger partial charge is 0.389 e. The number of rotatable bonds is 5. The molecule has 0 heterocycles. The van der Waals surface area contributed by atoms with Crippen molar-refractivity contribution in [3.8, 4) is 6.07 Å². The fourth-order valence-electron chi connectivity index (χ4n) is 2.48. The predicted molar refractivity (Wildman–Crippen MR) is 65.2 cm³/mol. The van der Waals surface area contributed by atoms with Crippen molar-refractivity contribution in [2.45, 2.75) is 50.8 Å². The Morgan fingerprint density at radius 3 is 2.42 bits per heavy atom. The lowest BCUT2D eigenvalue weighted by Gasteiger charge is -2.36. The van der Waals surface area contributed by atoms with Crippen LogP contribution in [-0.4, -0.2) is 30.0 Å². The largest absolute Gasteiger partial charge is 0.405 e. The number of nitrogens with one attached hydrogen (secondary N) is 1. The van der Waals surface area contributed by atoms with Crippen molar-refractivity contribution in [1.29, 1.82) is 5.26 Å². The fourth-order valence-corrected chi connectivity index (χ4v) is 2.48. The van der Waals surface area contributed by atoms with Crippen LogP contribution in [0.1, 0.15) is 39.0 Å². The van der Waals surface area contributed by atoms with Crippen LogP contribution in [-0.2, 0) is 0 Å². The molecule has 2 N–H and O–H groups in total. The van der Waals surface area contributed by atoms with Gasteiger partial charge in [-0.3, -0.25) is 0 Å². The van der Waals surface area contributed by atoms with Gasteiger partial charge in [-0.2, -0.15) is 18.4 Å². The third-order valence-corrected chi connectivity index (χ3v) is 3.97. The molecule has 1 atom stereocenters. The topological polar surface area (TPSA) is 56.0 Å². The Bertz CT molecular complexity index is 317. The molecule has 1 unspecified atom stereocenters. The minimum Gasteiger partial charge on any atom is -0.389 e. The summed E-state index contributed by atoms with van der Waals surface area (Å²) in [4.78, 5) is 0. The summed E-state index contributed by atoms with van der Waals surface area (Å²) >= 11 is 0. The molecule has 19 heavy (non-hydrogen) atoms. The zero-order chi connectivity index (χ0) is 14.5. The molecule has 1 rings (SSSR count). The van der Waals surface area contributed by atoms with E-state index in [9.17, 15) is 18.3 Å². The van der Waals surface area contributed by atoms with Crippen LogP contribution in [0.25, 0.3) is 0 Å². The van der Waals surface area contributed by atoms with E-state index in [4.69, 9.17) is 5.26 Å². The molecule has 1 aliphatic rings. The molecule has 1 aliphatic carbocycles. The molecular formula is C13H21F3N2O. The van der Waals surface area contributed by atoms with E-state index in [-0.39, 0.29) is 6.54 Å². The summed E-state index contributed by atoms with van der Waals surface area (Å²) in [5.74, 6) is -1.40. The van der Waals surface area contributed by atoms with Crippen molar-refractivity contribution < 1.29 is 18.3 Å². The Labute approximate surface area is 111 Å². The lowest BCUT2D eigenvalue weighted by molar-refractivity contribution is -0.158. The highest BCUT2D eigenvalue weighted by atomic mass is 19.4. The van der Waals surface area contributed by atoms with E-state index in [2.05, 4.69) is 12.2 Å². The summed E-state index contributed by atoms with van der Waals surface area (Å²) in [6.45, 7) is 1.77. The Balaban J connectivity index is 2.35. The number of alkyl halides is 3. The predicted octanol–water partition coefficient (Wildman–Crippen LogP) is 2.61. The average molecular weight is 278 g/mol. The van der Waals surface area contributed by atoms with Crippen molar-refractivity contribution in [2.75, 3.05) is 13.1 Å². The van der Waals surface area contributed by atoms with Gasteiger partial charge in [0, 0.05) is 13.1 Å². The average Bonchev–Trinajstić information content (AvgIpc) is 2.34. The highest BCUT2D eigenvalue weighted by Crippen LogP contribution is 2.33. The summed E-state index contributed by atoms with van der Waals surface area (Å²) in [6, 6.07) is 1.24. The van der Waals surface area contributed by atoms with E-state index in [1.165, 1.54) is 6.07 Å². The van der Waals surface area contributed by atoms with E-state index in [0.29, 0.717) is 18.8 Å². The molecule has 1 fully saturated rings. The first-order valence-electron chi connectivity index (χ1n) is 6.70. The van der Waals surface area contributed by atoms with Crippen LogP contribution in [0, 0.1) is 23.2 Å². The molecule has 1 saturated carbocycles. The number of aliphatic hydroxyl groups is 1. The van der Waals surface area contributed by atoms with Crippen LogP contribution in [0.4, 0.5) is 13.2 Å². The molecule has 6 heteroatoms. The highest BCUT2D eigenvalue weighted by molar-refractivity contribution is 4.92. The summed E-state index contributed by atoms with van der Waals surface area (Å²) in [6.07, 6.45) is -0.382. The van der Waals surface area contributed by atoms with Crippen LogP contribution in [0.5, 0.6) is 0 Å². The number of hydrogen-bond donors (Lipinski definition) is 2. The second-order valence-electron chi connectivity index (χ2n) is 5.43. The van der Waals surface area contributed by atoms with Crippen LogP contribution >= 0.6 is 0 Å². The first-order chi connectivity index (χ1) is 8.80. The SMILES string of the molecule is CCC1CCC(O)(CNCC(C#N)C(F)(F)F)CC1. The fraction of sp³-hybridized carbons (Fsp3) is 0.923. The van der Waals surface area contributed by atoms with Gasteiger partial charge in [0.2, 0.25) is 0 Å². The summed E-state index contributed by atoms with van der Waals surface area (Å²) in [7, 11) is 0. The van der Waals surface area contributed by atoms with Gasteiger partial charge in [0.05, 0.1) is 11.7 Å². The maximum absolute atomic E-state index is 12.4. The molecule has 0 aromatic rings. The van der Waals surface area contributed by atoms with E-state index in [1.54, 1.807) is 0 Å². The molecule has 0 radical (unpaired) electrons. The quantitative estimate of drug-likeness (QED) is 0.812. The molecule has 0 bridgehead atoms. The van der Waals surface area contributed by atoms with Crippen molar-refractivity contribution in [2.24, 2.45) is 11.8 Å². The first-order valence-corrected chi connectivity index (χ1v) is 6.70. The Morgan fingerprint density at radius 1 is 1.42 bits per heavy atom. The number of nitriles is 1. The number of halogens is 3. The zero-order valence-corrected chi connectivity index (χ0v) is 11.1. The molecule has 0 aromatic carbocycles. The van der Waals surface area contributed by atoms with Gasteiger partial charge >= 0.3 is 6.18 Å². The van der Waals surface area contributed by atoms with Crippen molar-refractivity contribution in [3.05, 3.63) is 0 Å². The summed E-state index contributed by atoms with van der Waals surface area (Å²) in [5.41, 5.74) is -0.919. The van der Waals surface area contributed by atoms with Gasteiger partial charge in [-0.1, -0.05) is 13.3 Å². The Hall–Kier alpha value is -0.800. The van der Waals surface area contributed by atoms with E-state index >= 15 is 0 Å². The standard InChI is InChI=1S/C13H21F3N2O/c1-2-10-3-5-12(19,6-4-10)9-18-8-11(7-17)13(14,15)16/h10-11,18-19H,2-6,8-9H2,1H3. The van der Waals surface area contributed by atoms with Gasteiger partial charge in [-0.15, -0.1) is 0 Å². The van der Waals surface area contributed by atoms with E-state index in [1.807, 2.05) is 0 Å². The van der Waals surface area contributed by atoms with Gasteiger partial charge < -0.3 is 10.4 Å². The number of hydrogen-bond acceptors (Lipinski definition) is 3. The van der Waals surface area contributed by atoms with Gasteiger partial charge in [0.25, 0.3) is 0 Å². The van der Waals surface area contributed by atoms with Crippen molar-refractivity contribution in [1.82, 2.24) is 5.32 Å². The normalized spacial score (nSPS) is 29.8. The minimum atomic E-state index is -4.51. The lowest BCUT2D eigenvalue weighted by Crippen LogP contribution is -2.45. The maximum atomic E-state index is 12.4. The molecular weight excluding hydrogens is 257 g/mol. The molecule has 0 saturated heterocycles. The van der Waals surface area contributed by atoms with Gasteiger partial charge in [-0.05, 0) is 31.6 Å². The Kier molecular flexibility index (Phi) is 5.63. The zero-order valence-electron chi connectivity index (χ0n) is 11.1. The maximum Gasteiger partial charge on any atom is 0.405 e. The Morgan fingerprint density at radius 2 is 2.00 bits per heavy atom. The highest BCUT2D eigenvalue weighted by Gasteiger charge is 2.40. The van der Waals surface area contributed by atoms with Gasteiger partial charge in [-0.25, -0.2) is 0 Å². The summed E-state index contributed by atoms with van der Waals surface area (Å²) in [5, 5.41) is 21.3. The molecule has 0 aliphatic heterocycles. The molecule has 110 valence electrons. The van der Waals surface area contributed by atoms with Crippen LogP contribution < -0.4 is 5.32 Å². The second kappa shape index (κ2) is 6.58. The van der Waals surface area contributed by atoms with Crippen LogP contribution in [0.3, 0.4) is 0 Å². The monoisotopic (exact) mass is 278 g/mol. The molecule has 3 nitrogen and oxygen atoms in total.